The van der Waals surface area contributed by atoms with E-state index in [4.69, 9.17) is 0 Å². The molecule has 0 saturated heterocycles. The van der Waals surface area contributed by atoms with Gasteiger partial charge in [-0.2, -0.15) is 0 Å². The number of carbonyl (C=O) groups is 1. The van der Waals surface area contributed by atoms with Crippen molar-refractivity contribution in [1.29, 1.82) is 0 Å². The summed E-state index contributed by atoms with van der Waals surface area (Å²) in [6, 6.07) is 0. The van der Waals surface area contributed by atoms with Gasteiger partial charge in [-0.3, -0.25) is 10.2 Å². The van der Waals surface area contributed by atoms with Crippen molar-refractivity contribution in [3.63, 3.8) is 0 Å². The minimum Gasteiger partial charge on any atom is -0.291 e. The van der Waals surface area contributed by atoms with Crippen LogP contribution in [-0.4, -0.2) is 11.4 Å². The molecule has 78 valence electrons. The molecule has 0 fully saturated rings. The molecular formula is C10H22N2O. The minimum atomic E-state index is -0.0758. The summed E-state index contributed by atoms with van der Waals surface area (Å²) in [6.45, 7) is 12.1. The molecular weight excluding hydrogens is 164 g/mol. The second-order valence-electron chi connectivity index (χ2n) is 5.66. The van der Waals surface area contributed by atoms with Gasteiger partial charge in [0, 0.05) is 12.0 Å². The van der Waals surface area contributed by atoms with E-state index in [0.717, 1.165) is 0 Å². The molecule has 0 radical (unpaired) electrons. The Morgan fingerprint density at radius 2 is 1.54 bits per heavy atom. The van der Waals surface area contributed by atoms with Crippen LogP contribution in [0.5, 0.6) is 0 Å². The zero-order chi connectivity index (χ0) is 10.7. The van der Waals surface area contributed by atoms with Crippen LogP contribution in [0.1, 0.15) is 48.0 Å². The SMILES string of the molecule is CC(C)(C)CC(=O)NNC(C)(C)C. The predicted octanol–water partition coefficient (Wildman–Crippen LogP) is 1.84. The van der Waals surface area contributed by atoms with Gasteiger partial charge in [-0.15, -0.1) is 0 Å². The quantitative estimate of drug-likeness (QED) is 0.646. The zero-order valence-electron chi connectivity index (χ0n) is 9.62. The van der Waals surface area contributed by atoms with Crippen molar-refractivity contribution >= 4 is 5.91 Å². The summed E-state index contributed by atoms with van der Waals surface area (Å²) in [4.78, 5) is 11.3. The lowest BCUT2D eigenvalue weighted by atomic mass is 9.92. The van der Waals surface area contributed by atoms with Crippen molar-refractivity contribution in [2.24, 2.45) is 5.41 Å². The third-order valence-corrected chi connectivity index (χ3v) is 1.27. The van der Waals surface area contributed by atoms with Crippen molar-refractivity contribution in [2.45, 2.75) is 53.5 Å². The third-order valence-electron chi connectivity index (χ3n) is 1.27. The largest absolute Gasteiger partial charge is 0.291 e. The molecule has 3 nitrogen and oxygen atoms in total. The molecule has 0 aliphatic carbocycles. The number of hydrogen-bond acceptors (Lipinski definition) is 2. The van der Waals surface area contributed by atoms with Gasteiger partial charge in [0.05, 0.1) is 0 Å². The summed E-state index contributed by atoms with van der Waals surface area (Å²) in [6.07, 6.45) is 0.538. The highest BCUT2D eigenvalue weighted by molar-refractivity contribution is 5.76. The lowest BCUT2D eigenvalue weighted by Gasteiger charge is -2.23. The molecule has 13 heavy (non-hydrogen) atoms. The second-order valence-corrected chi connectivity index (χ2v) is 5.66. The van der Waals surface area contributed by atoms with Gasteiger partial charge < -0.3 is 0 Å². The highest BCUT2D eigenvalue weighted by atomic mass is 16.2. The van der Waals surface area contributed by atoms with E-state index in [1.54, 1.807) is 0 Å². The summed E-state index contributed by atoms with van der Waals surface area (Å²) in [5.74, 6) is 0.0439. The summed E-state index contributed by atoms with van der Waals surface area (Å²) in [7, 11) is 0. The molecule has 0 bridgehead atoms. The van der Waals surface area contributed by atoms with Gasteiger partial charge in [-0.25, -0.2) is 5.43 Å². The van der Waals surface area contributed by atoms with Crippen molar-refractivity contribution in [3.05, 3.63) is 0 Å². The molecule has 0 saturated carbocycles. The number of rotatable bonds is 2. The van der Waals surface area contributed by atoms with Crippen LogP contribution in [0.25, 0.3) is 0 Å². The van der Waals surface area contributed by atoms with Crippen LogP contribution in [-0.2, 0) is 4.79 Å². The molecule has 0 aromatic carbocycles. The topological polar surface area (TPSA) is 41.1 Å². The molecule has 0 unspecified atom stereocenters. The molecule has 3 heteroatoms. The molecule has 0 aromatic rings. The summed E-state index contributed by atoms with van der Waals surface area (Å²) >= 11 is 0. The average Bonchev–Trinajstić information content (AvgIpc) is 1.78. The average molecular weight is 186 g/mol. The molecule has 0 aliphatic heterocycles. The van der Waals surface area contributed by atoms with Crippen LogP contribution in [0.3, 0.4) is 0 Å². The first-order chi connectivity index (χ1) is 5.60. The number of carbonyl (C=O) groups excluding carboxylic acids is 1. The van der Waals surface area contributed by atoms with Gasteiger partial charge in [-0.05, 0) is 26.2 Å². The van der Waals surface area contributed by atoms with E-state index < -0.39 is 0 Å². The molecule has 0 aliphatic rings. The standard InChI is InChI=1S/C10H22N2O/c1-9(2,3)7-8(13)11-12-10(4,5)6/h12H,7H2,1-6H3,(H,11,13). The Bertz CT molecular complexity index is 174. The van der Waals surface area contributed by atoms with Gasteiger partial charge in [0.1, 0.15) is 0 Å². The Hall–Kier alpha value is -0.570. The highest BCUT2D eigenvalue weighted by Gasteiger charge is 2.17. The maximum Gasteiger partial charge on any atom is 0.234 e. The van der Waals surface area contributed by atoms with Gasteiger partial charge in [-0.1, -0.05) is 20.8 Å². The second kappa shape index (κ2) is 4.09. The van der Waals surface area contributed by atoms with E-state index in [2.05, 4.69) is 10.9 Å². The maximum atomic E-state index is 11.3. The van der Waals surface area contributed by atoms with Crippen molar-refractivity contribution in [1.82, 2.24) is 10.9 Å². The van der Waals surface area contributed by atoms with Crippen LogP contribution >= 0.6 is 0 Å². The number of amides is 1. The molecule has 0 rings (SSSR count). The Balaban J connectivity index is 3.78. The molecule has 0 heterocycles. The van der Waals surface area contributed by atoms with Gasteiger partial charge >= 0.3 is 0 Å². The zero-order valence-corrected chi connectivity index (χ0v) is 9.62. The summed E-state index contributed by atoms with van der Waals surface area (Å²) < 4.78 is 0. The fourth-order valence-electron chi connectivity index (χ4n) is 0.783. The van der Waals surface area contributed by atoms with Crippen LogP contribution in [0, 0.1) is 5.41 Å². The number of nitrogens with one attached hydrogen (secondary N) is 2. The number of hydrogen-bond donors (Lipinski definition) is 2. The summed E-state index contributed by atoms with van der Waals surface area (Å²) in [5, 5.41) is 0. The first-order valence-corrected chi connectivity index (χ1v) is 4.66. The maximum absolute atomic E-state index is 11.3. The Labute approximate surface area is 81.3 Å². The predicted molar refractivity (Wildman–Crippen MR) is 55.1 cm³/mol. The molecule has 2 N–H and O–H groups in total. The van der Waals surface area contributed by atoms with Crippen LogP contribution in [0.4, 0.5) is 0 Å². The lowest BCUT2D eigenvalue weighted by Crippen LogP contribution is -2.49. The Morgan fingerprint density at radius 3 is 1.85 bits per heavy atom. The van der Waals surface area contributed by atoms with Gasteiger partial charge in [0.25, 0.3) is 0 Å². The molecule has 0 spiro atoms. The van der Waals surface area contributed by atoms with E-state index in [1.807, 2.05) is 41.5 Å². The van der Waals surface area contributed by atoms with E-state index in [0.29, 0.717) is 6.42 Å². The van der Waals surface area contributed by atoms with Crippen molar-refractivity contribution in [3.8, 4) is 0 Å². The van der Waals surface area contributed by atoms with Crippen LogP contribution in [0.15, 0.2) is 0 Å². The van der Waals surface area contributed by atoms with E-state index in [1.165, 1.54) is 0 Å². The fraction of sp³-hybridized carbons (Fsp3) is 0.900. The Kier molecular flexibility index (Phi) is 3.91. The van der Waals surface area contributed by atoms with Crippen molar-refractivity contribution < 1.29 is 4.79 Å². The lowest BCUT2D eigenvalue weighted by molar-refractivity contribution is -0.124. The summed E-state index contributed by atoms with van der Waals surface area (Å²) in [5.41, 5.74) is 5.60. The third kappa shape index (κ3) is 9.34. The first kappa shape index (κ1) is 12.4. The van der Waals surface area contributed by atoms with E-state index in [-0.39, 0.29) is 16.9 Å². The number of hydrazine groups is 1. The van der Waals surface area contributed by atoms with E-state index in [9.17, 15) is 4.79 Å². The molecule has 1 amide bonds. The van der Waals surface area contributed by atoms with E-state index >= 15 is 0 Å². The van der Waals surface area contributed by atoms with Gasteiger partial charge in [0.15, 0.2) is 0 Å². The van der Waals surface area contributed by atoms with Gasteiger partial charge in [0.2, 0.25) is 5.91 Å². The van der Waals surface area contributed by atoms with Crippen LogP contribution in [0.2, 0.25) is 0 Å². The minimum absolute atomic E-state index is 0.0439. The smallest absolute Gasteiger partial charge is 0.234 e. The Morgan fingerprint density at radius 1 is 1.08 bits per heavy atom. The molecule has 0 aromatic heterocycles. The van der Waals surface area contributed by atoms with Crippen LogP contribution < -0.4 is 10.9 Å². The molecule has 0 atom stereocenters. The monoisotopic (exact) mass is 186 g/mol. The highest BCUT2D eigenvalue weighted by Crippen LogP contribution is 2.17. The normalized spacial score (nSPS) is 12.8. The van der Waals surface area contributed by atoms with Crippen molar-refractivity contribution in [2.75, 3.05) is 0 Å². The fourth-order valence-corrected chi connectivity index (χ4v) is 0.783. The first-order valence-electron chi connectivity index (χ1n) is 4.66.